The Morgan fingerprint density at radius 3 is 2.52 bits per heavy atom. The molecular formula is C19H24N2O2. The molecule has 1 aliphatic rings. The van der Waals surface area contributed by atoms with Gasteiger partial charge in [0.2, 0.25) is 5.91 Å². The van der Waals surface area contributed by atoms with Gasteiger partial charge in [-0.05, 0) is 38.3 Å². The molecule has 122 valence electrons. The first-order chi connectivity index (χ1) is 11.0. The van der Waals surface area contributed by atoms with Gasteiger partial charge in [0, 0.05) is 18.4 Å². The third kappa shape index (κ3) is 4.41. The predicted octanol–water partition coefficient (Wildman–Crippen LogP) is 3.61. The van der Waals surface area contributed by atoms with E-state index in [0.717, 1.165) is 30.4 Å². The minimum absolute atomic E-state index is 0.0176. The summed E-state index contributed by atoms with van der Waals surface area (Å²) >= 11 is 0. The molecule has 2 rings (SSSR count). The van der Waals surface area contributed by atoms with E-state index in [0.29, 0.717) is 18.4 Å². The van der Waals surface area contributed by atoms with Crippen LogP contribution in [0.2, 0.25) is 0 Å². The fourth-order valence-electron chi connectivity index (χ4n) is 3.15. The monoisotopic (exact) mass is 312 g/mol. The first-order valence-corrected chi connectivity index (χ1v) is 8.28. The largest absolute Gasteiger partial charge is 0.338 e. The summed E-state index contributed by atoms with van der Waals surface area (Å²) in [6, 6.07) is 8.03. The Hall–Kier alpha value is -2.15. The van der Waals surface area contributed by atoms with E-state index in [2.05, 4.69) is 11.4 Å². The summed E-state index contributed by atoms with van der Waals surface area (Å²) in [4.78, 5) is 24.5. The second-order valence-electron chi connectivity index (χ2n) is 6.54. The molecule has 1 saturated carbocycles. The number of hydrogen-bond acceptors (Lipinski definition) is 3. The van der Waals surface area contributed by atoms with E-state index in [1.54, 1.807) is 0 Å². The van der Waals surface area contributed by atoms with Crippen LogP contribution in [0.1, 0.15) is 66.4 Å². The molecule has 1 aliphatic carbocycles. The lowest BCUT2D eigenvalue weighted by Crippen LogP contribution is -2.48. The highest BCUT2D eigenvalue weighted by Crippen LogP contribution is 2.27. The smallest absolute Gasteiger partial charge is 0.221 e. The topological polar surface area (TPSA) is 70.0 Å². The van der Waals surface area contributed by atoms with Crippen LogP contribution >= 0.6 is 0 Å². The number of nitriles is 1. The fourth-order valence-corrected chi connectivity index (χ4v) is 3.15. The van der Waals surface area contributed by atoms with Gasteiger partial charge < -0.3 is 5.32 Å². The lowest BCUT2D eigenvalue weighted by molar-refractivity contribution is -0.122. The zero-order valence-corrected chi connectivity index (χ0v) is 13.9. The first kappa shape index (κ1) is 17.2. The second kappa shape index (κ2) is 7.41. The quantitative estimate of drug-likeness (QED) is 0.844. The van der Waals surface area contributed by atoms with E-state index in [4.69, 9.17) is 0 Å². The average molecular weight is 312 g/mol. The predicted molar refractivity (Wildman–Crippen MR) is 89.1 cm³/mol. The van der Waals surface area contributed by atoms with Crippen molar-refractivity contribution >= 4 is 11.7 Å². The molecule has 4 nitrogen and oxygen atoms in total. The van der Waals surface area contributed by atoms with Crippen molar-refractivity contribution in [2.75, 3.05) is 0 Å². The summed E-state index contributed by atoms with van der Waals surface area (Å²) in [5.41, 5.74) is 1.93. The molecule has 23 heavy (non-hydrogen) atoms. The molecule has 0 spiro atoms. The molecule has 0 aromatic heterocycles. The van der Waals surface area contributed by atoms with Gasteiger partial charge in [0.1, 0.15) is 5.54 Å². The molecule has 1 aromatic rings. The lowest BCUT2D eigenvalue weighted by atomic mass is 9.82. The summed E-state index contributed by atoms with van der Waals surface area (Å²) in [6.45, 7) is 3.85. The van der Waals surface area contributed by atoms with Crippen molar-refractivity contribution in [2.45, 2.75) is 64.3 Å². The zero-order chi connectivity index (χ0) is 16.9. The number of carbonyl (C=O) groups is 2. The molecule has 1 N–H and O–H groups in total. The molecule has 0 aliphatic heterocycles. The van der Waals surface area contributed by atoms with Crippen molar-refractivity contribution in [3.8, 4) is 6.07 Å². The molecule has 0 bridgehead atoms. The van der Waals surface area contributed by atoms with Gasteiger partial charge in [0.25, 0.3) is 0 Å². The number of hydrogen-bond donors (Lipinski definition) is 1. The fraction of sp³-hybridized carbons (Fsp3) is 0.526. The summed E-state index contributed by atoms with van der Waals surface area (Å²) in [7, 11) is 0. The molecule has 1 fully saturated rings. The molecule has 0 radical (unpaired) electrons. The maximum absolute atomic E-state index is 12.3. The van der Waals surface area contributed by atoms with Crippen LogP contribution in [0.3, 0.4) is 0 Å². The Balaban J connectivity index is 1.92. The Labute approximate surface area is 137 Å². The van der Waals surface area contributed by atoms with Gasteiger partial charge in [-0.1, -0.05) is 37.0 Å². The summed E-state index contributed by atoms with van der Waals surface area (Å²) in [6.07, 6.45) is 4.78. The van der Waals surface area contributed by atoms with E-state index in [1.165, 1.54) is 0 Å². The number of ketones is 1. The number of aryl methyl sites for hydroxylation is 2. The highest BCUT2D eigenvalue weighted by molar-refractivity contribution is 5.99. The molecule has 0 saturated heterocycles. The van der Waals surface area contributed by atoms with Gasteiger partial charge in [-0.15, -0.1) is 0 Å². The lowest BCUT2D eigenvalue weighted by Gasteiger charge is -2.31. The van der Waals surface area contributed by atoms with Crippen molar-refractivity contribution in [2.24, 2.45) is 0 Å². The van der Waals surface area contributed by atoms with Crippen LogP contribution in [0, 0.1) is 25.2 Å². The van der Waals surface area contributed by atoms with Crippen LogP contribution in [-0.4, -0.2) is 17.2 Å². The van der Waals surface area contributed by atoms with Gasteiger partial charge >= 0.3 is 0 Å². The van der Waals surface area contributed by atoms with E-state index in [1.807, 2.05) is 32.0 Å². The van der Waals surface area contributed by atoms with Gasteiger partial charge in [-0.25, -0.2) is 0 Å². The molecular weight excluding hydrogens is 288 g/mol. The van der Waals surface area contributed by atoms with Crippen molar-refractivity contribution < 1.29 is 9.59 Å². The minimum Gasteiger partial charge on any atom is -0.338 e. The van der Waals surface area contributed by atoms with Crippen LogP contribution in [0.5, 0.6) is 0 Å². The second-order valence-corrected chi connectivity index (χ2v) is 6.54. The number of rotatable bonds is 5. The number of nitrogens with zero attached hydrogens (tertiary/aromatic N) is 1. The van der Waals surface area contributed by atoms with Gasteiger partial charge in [0.05, 0.1) is 6.07 Å². The van der Waals surface area contributed by atoms with Crippen LogP contribution in [-0.2, 0) is 4.79 Å². The maximum Gasteiger partial charge on any atom is 0.221 e. The molecule has 4 heteroatoms. The van der Waals surface area contributed by atoms with Gasteiger partial charge in [0.15, 0.2) is 5.78 Å². The van der Waals surface area contributed by atoms with Gasteiger partial charge in [-0.3, -0.25) is 9.59 Å². The molecule has 1 aromatic carbocycles. The molecule has 0 heterocycles. The molecule has 1 amide bonds. The van der Waals surface area contributed by atoms with E-state index in [9.17, 15) is 14.9 Å². The Bertz CT molecular complexity index is 637. The number of nitrogens with one attached hydrogen (secondary N) is 1. The van der Waals surface area contributed by atoms with Crippen LogP contribution in [0.15, 0.2) is 18.2 Å². The standard InChI is InChI=1S/C19H24N2O2/c1-14-6-7-15(2)16(12-14)17(22)8-9-18(23)21-19(13-20)10-4-3-5-11-19/h6-7,12H,3-5,8-11H2,1-2H3,(H,21,23). The first-order valence-electron chi connectivity index (χ1n) is 8.28. The number of carbonyl (C=O) groups excluding carboxylic acids is 2. The van der Waals surface area contributed by atoms with Crippen LogP contribution in [0.25, 0.3) is 0 Å². The van der Waals surface area contributed by atoms with Gasteiger partial charge in [-0.2, -0.15) is 5.26 Å². The van der Waals surface area contributed by atoms with Crippen molar-refractivity contribution in [1.82, 2.24) is 5.32 Å². The highest BCUT2D eigenvalue weighted by Gasteiger charge is 2.33. The van der Waals surface area contributed by atoms with Crippen molar-refractivity contribution in [3.05, 3.63) is 34.9 Å². The van der Waals surface area contributed by atoms with Crippen LogP contribution in [0.4, 0.5) is 0 Å². The van der Waals surface area contributed by atoms with Crippen molar-refractivity contribution in [1.29, 1.82) is 5.26 Å². The van der Waals surface area contributed by atoms with E-state index < -0.39 is 5.54 Å². The summed E-state index contributed by atoms with van der Waals surface area (Å²) < 4.78 is 0. The summed E-state index contributed by atoms with van der Waals surface area (Å²) in [5.74, 6) is -0.219. The normalized spacial score (nSPS) is 16.4. The van der Waals surface area contributed by atoms with Crippen LogP contribution < -0.4 is 5.32 Å². The highest BCUT2D eigenvalue weighted by atomic mass is 16.2. The number of benzene rings is 1. The summed E-state index contributed by atoms with van der Waals surface area (Å²) in [5, 5.41) is 12.2. The Morgan fingerprint density at radius 1 is 1.17 bits per heavy atom. The van der Waals surface area contributed by atoms with Crippen molar-refractivity contribution in [3.63, 3.8) is 0 Å². The average Bonchev–Trinajstić information content (AvgIpc) is 2.55. The third-order valence-electron chi connectivity index (χ3n) is 4.57. The molecule has 0 unspecified atom stereocenters. The SMILES string of the molecule is Cc1ccc(C)c(C(=O)CCC(=O)NC2(C#N)CCCCC2)c1. The third-order valence-corrected chi connectivity index (χ3v) is 4.57. The Morgan fingerprint density at radius 2 is 1.87 bits per heavy atom. The van der Waals surface area contributed by atoms with E-state index in [-0.39, 0.29) is 24.5 Å². The maximum atomic E-state index is 12.3. The minimum atomic E-state index is -0.725. The Kier molecular flexibility index (Phi) is 5.54. The van der Waals surface area contributed by atoms with E-state index >= 15 is 0 Å². The molecule has 0 atom stereocenters. The number of amides is 1. The zero-order valence-electron chi connectivity index (χ0n) is 13.9. The number of Topliss-reactive ketones (excluding diaryl/α,β-unsaturated/α-hetero) is 1.